The zero-order chi connectivity index (χ0) is 14.4. The van der Waals surface area contributed by atoms with Crippen LogP contribution in [0.25, 0.3) is 6.08 Å². The highest BCUT2D eigenvalue weighted by molar-refractivity contribution is 7.07. The normalized spacial score (nSPS) is 10.6. The van der Waals surface area contributed by atoms with Gasteiger partial charge in [0.05, 0.1) is 4.92 Å². The molecule has 0 atom stereocenters. The second-order valence-electron chi connectivity index (χ2n) is 4.03. The first-order valence-corrected chi connectivity index (χ1v) is 6.81. The van der Waals surface area contributed by atoms with Crippen molar-refractivity contribution in [2.45, 2.75) is 6.54 Å². The Hall–Kier alpha value is -2.47. The van der Waals surface area contributed by atoms with Crippen LogP contribution in [0.2, 0.25) is 0 Å². The molecule has 0 saturated heterocycles. The molecule has 0 radical (unpaired) electrons. The van der Waals surface area contributed by atoms with Gasteiger partial charge in [-0.1, -0.05) is 0 Å². The number of non-ortho nitro benzene ring substituents is 1. The molecule has 1 heterocycles. The molecule has 0 saturated carbocycles. The fourth-order valence-electron chi connectivity index (χ4n) is 1.52. The number of amides is 1. The number of nitro groups is 1. The van der Waals surface area contributed by atoms with E-state index in [0.717, 1.165) is 11.1 Å². The highest BCUT2D eigenvalue weighted by Crippen LogP contribution is 2.12. The first-order valence-electron chi connectivity index (χ1n) is 5.86. The van der Waals surface area contributed by atoms with Crippen LogP contribution >= 0.6 is 11.3 Å². The lowest BCUT2D eigenvalue weighted by molar-refractivity contribution is -0.384. The summed E-state index contributed by atoms with van der Waals surface area (Å²) < 4.78 is 0. The van der Waals surface area contributed by atoms with Crippen molar-refractivity contribution in [3.8, 4) is 0 Å². The average Bonchev–Trinajstić information content (AvgIpc) is 2.96. The van der Waals surface area contributed by atoms with Crippen molar-refractivity contribution in [2.75, 3.05) is 0 Å². The van der Waals surface area contributed by atoms with E-state index in [1.165, 1.54) is 18.2 Å². The van der Waals surface area contributed by atoms with E-state index in [1.54, 1.807) is 29.5 Å². The van der Waals surface area contributed by atoms with E-state index in [9.17, 15) is 14.9 Å². The molecule has 0 bridgehead atoms. The summed E-state index contributed by atoms with van der Waals surface area (Å²) in [6.07, 6.45) is 3.03. The van der Waals surface area contributed by atoms with Gasteiger partial charge in [0.15, 0.2) is 0 Å². The van der Waals surface area contributed by atoms with E-state index < -0.39 is 4.92 Å². The quantitative estimate of drug-likeness (QED) is 0.522. The van der Waals surface area contributed by atoms with Crippen LogP contribution in [0, 0.1) is 10.1 Å². The smallest absolute Gasteiger partial charge is 0.269 e. The number of carbonyl (C=O) groups is 1. The maximum absolute atomic E-state index is 11.6. The van der Waals surface area contributed by atoms with Crippen LogP contribution < -0.4 is 5.32 Å². The second kappa shape index (κ2) is 6.63. The molecule has 1 amide bonds. The van der Waals surface area contributed by atoms with Crippen LogP contribution in [-0.2, 0) is 11.3 Å². The molecule has 2 rings (SSSR count). The third-order valence-corrected chi connectivity index (χ3v) is 3.31. The fraction of sp³-hybridized carbons (Fsp3) is 0.0714. The van der Waals surface area contributed by atoms with E-state index in [1.807, 2.05) is 16.8 Å². The molecule has 0 fully saturated rings. The third-order valence-electron chi connectivity index (χ3n) is 2.58. The van der Waals surface area contributed by atoms with Gasteiger partial charge in [0.1, 0.15) is 0 Å². The summed E-state index contributed by atoms with van der Waals surface area (Å²) >= 11 is 1.58. The molecule has 2 aromatic rings. The Morgan fingerprint density at radius 1 is 1.30 bits per heavy atom. The Morgan fingerprint density at radius 2 is 2.05 bits per heavy atom. The summed E-state index contributed by atoms with van der Waals surface area (Å²) in [4.78, 5) is 21.6. The van der Waals surface area contributed by atoms with Crippen LogP contribution in [0.4, 0.5) is 5.69 Å². The van der Waals surface area contributed by atoms with Crippen LogP contribution in [0.1, 0.15) is 11.1 Å². The van der Waals surface area contributed by atoms with Gasteiger partial charge in [0, 0.05) is 24.8 Å². The van der Waals surface area contributed by atoms with Crippen molar-refractivity contribution in [1.82, 2.24) is 5.32 Å². The minimum atomic E-state index is -0.457. The Labute approximate surface area is 119 Å². The summed E-state index contributed by atoms with van der Waals surface area (Å²) in [6, 6.07) is 7.96. The molecule has 0 aliphatic carbocycles. The van der Waals surface area contributed by atoms with Gasteiger partial charge in [-0.15, -0.1) is 0 Å². The third kappa shape index (κ3) is 4.03. The lowest BCUT2D eigenvalue weighted by atomic mass is 10.2. The molecule has 102 valence electrons. The zero-order valence-corrected chi connectivity index (χ0v) is 11.3. The highest BCUT2D eigenvalue weighted by Gasteiger charge is 2.02. The standard InChI is InChI=1S/C14H12N2O3S/c17-14(15-9-12-7-8-20-10-12)6-3-11-1-4-13(5-2-11)16(18)19/h1-8,10H,9H2,(H,15,17)/b6-3+. The monoisotopic (exact) mass is 288 g/mol. The SMILES string of the molecule is O=C(/C=C/c1ccc([N+](=O)[O-])cc1)NCc1ccsc1. The molecule has 5 nitrogen and oxygen atoms in total. The Bertz CT molecular complexity index is 618. The molecule has 1 N–H and O–H groups in total. The van der Waals surface area contributed by atoms with Gasteiger partial charge >= 0.3 is 0 Å². The largest absolute Gasteiger partial charge is 0.348 e. The maximum atomic E-state index is 11.6. The molecule has 0 spiro atoms. The van der Waals surface area contributed by atoms with E-state index in [2.05, 4.69) is 5.32 Å². The summed E-state index contributed by atoms with van der Waals surface area (Å²) in [5, 5.41) is 17.2. The molecule has 1 aromatic heterocycles. The van der Waals surface area contributed by atoms with Gasteiger partial charge in [0.2, 0.25) is 5.91 Å². The topological polar surface area (TPSA) is 72.2 Å². The molecular formula is C14H12N2O3S. The van der Waals surface area contributed by atoms with E-state index in [4.69, 9.17) is 0 Å². The summed E-state index contributed by atoms with van der Waals surface area (Å²) in [5.74, 6) is -0.199. The zero-order valence-electron chi connectivity index (χ0n) is 10.5. The van der Waals surface area contributed by atoms with Crippen LogP contribution in [0.5, 0.6) is 0 Å². The Morgan fingerprint density at radius 3 is 2.65 bits per heavy atom. The van der Waals surface area contributed by atoms with Crippen molar-refractivity contribution in [2.24, 2.45) is 0 Å². The van der Waals surface area contributed by atoms with Gasteiger partial charge in [0.25, 0.3) is 5.69 Å². The number of hydrogen-bond acceptors (Lipinski definition) is 4. The maximum Gasteiger partial charge on any atom is 0.269 e. The molecule has 20 heavy (non-hydrogen) atoms. The number of rotatable bonds is 5. The number of nitrogens with zero attached hydrogens (tertiary/aromatic N) is 1. The summed E-state index contributed by atoms with van der Waals surface area (Å²) in [7, 11) is 0. The van der Waals surface area contributed by atoms with E-state index >= 15 is 0 Å². The first-order chi connectivity index (χ1) is 9.65. The van der Waals surface area contributed by atoms with Gasteiger partial charge in [-0.25, -0.2) is 0 Å². The van der Waals surface area contributed by atoms with E-state index in [0.29, 0.717) is 6.54 Å². The van der Waals surface area contributed by atoms with Crippen LogP contribution in [0.3, 0.4) is 0 Å². The van der Waals surface area contributed by atoms with Crippen molar-refractivity contribution in [3.63, 3.8) is 0 Å². The number of nitrogens with one attached hydrogen (secondary N) is 1. The van der Waals surface area contributed by atoms with Crippen molar-refractivity contribution >= 4 is 29.0 Å². The van der Waals surface area contributed by atoms with Gasteiger partial charge in [-0.2, -0.15) is 11.3 Å². The predicted molar refractivity (Wildman–Crippen MR) is 78.3 cm³/mol. The second-order valence-corrected chi connectivity index (χ2v) is 4.81. The van der Waals surface area contributed by atoms with Crippen LogP contribution in [-0.4, -0.2) is 10.8 Å². The minimum absolute atomic E-state index is 0.0315. The van der Waals surface area contributed by atoms with Crippen molar-refractivity contribution in [3.05, 3.63) is 68.4 Å². The highest BCUT2D eigenvalue weighted by atomic mass is 32.1. The fourth-order valence-corrected chi connectivity index (χ4v) is 2.19. The van der Waals surface area contributed by atoms with Gasteiger partial charge in [-0.05, 0) is 46.2 Å². The number of hydrogen-bond donors (Lipinski definition) is 1. The minimum Gasteiger partial charge on any atom is -0.348 e. The molecule has 6 heteroatoms. The Balaban J connectivity index is 1.88. The van der Waals surface area contributed by atoms with Crippen molar-refractivity contribution < 1.29 is 9.72 Å². The molecule has 0 aliphatic heterocycles. The van der Waals surface area contributed by atoms with Crippen molar-refractivity contribution in [1.29, 1.82) is 0 Å². The molecule has 0 unspecified atom stereocenters. The van der Waals surface area contributed by atoms with Gasteiger partial charge < -0.3 is 5.32 Å². The number of thiophene rings is 1. The first kappa shape index (κ1) is 14.0. The number of carbonyl (C=O) groups excluding carboxylic acids is 1. The van der Waals surface area contributed by atoms with Gasteiger partial charge in [-0.3, -0.25) is 14.9 Å². The summed E-state index contributed by atoms with van der Waals surface area (Å²) in [6.45, 7) is 0.493. The molecule has 1 aromatic carbocycles. The number of nitro benzene ring substituents is 1. The lowest BCUT2D eigenvalue weighted by Crippen LogP contribution is -2.19. The molecule has 0 aliphatic rings. The summed E-state index contributed by atoms with van der Waals surface area (Å²) in [5.41, 5.74) is 1.83. The number of benzene rings is 1. The predicted octanol–water partition coefficient (Wildman–Crippen LogP) is 2.99. The van der Waals surface area contributed by atoms with Crippen LogP contribution in [0.15, 0.2) is 47.2 Å². The Kier molecular flexibility index (Phi) is 4.62. The molecular weight excluding hydrogens is 276 g/mol. The average molecular weight is 288 g/mol. The van der Waals surface area contributed by atoms with E-state index in [-0.39, 0.29) is 11.6 Å². The lowest BCUT2D eigenvalue weighted by Gasteiger charge is -1.99.